The van der Waals surface area contributed by atoms with Gasteiger partial charge in [0, 0.05) is 12.1 Å². The number of hydrogen-bond acceptors (Lipinski definition) is 1. The van der Waals surface area contributed by atoms with Gasteiger partial charge in [-0.25, -0.2) is 4.39 Å². The van der Waals surface area contributed by atoms with E-state index < -0.39 is 0 Å². The van der Waals surface area contributed by atoms with Gasteiger partial charge in [-0.15, -0.1) is 0 Å². The van der Waals surface area contributed by atoms with Crippen LogP contribution in [-0.2, 0) is 6.54 Å². The normalized spacial score (nSPS) is 11.7. The lowest BCUT2D eigenvalue weighted by molar-refractivity contribution is 0.0951. The number of hydrogen-bond donors (Lipinski definition) is 1. The van der Waals surface area contributed by atoms with Gasteiger partial charge in [0.05, 0.1) is 0 Å². The molecule has 1 N–H and O–H groups in total. The van der Waals surface area contributed by atoms with E-state index in [1.54, 1.807) is 24.3 Å². The molecular weight excluding hydrogens is 289 g/mol. The Balaban J connectivity index is 1.96. The molecular formula is C20H22FNO. The molecule has 1 amide bonds. The summed E-state index contributed by atoms with van der Waals surface area (Å²) < 4.78 is 13.1. The zero-order valence-electron chi connectivity index (χ0n) is 13.8. The number of carbonyl (C=O) groups is 1. The zero-order valence-corrected chi connectivity index (χ0v) is 13.8. The molecule has 2 rings (SSSR count). The largest absolute Gasteiger partial charge is 0.348 e. The van der Waals surface area contributed by atoms with Crippen molar-refractivity contribution in [2.24, 2.45) is 5.41 Å². The highest BCUT2D eigenvalue weighted by Gasteiger charge is 2.06. The number of amides is 1. The van der Waals surface area contributed by atoms with Gasteiger partial charge >= 0.3 is 0 Å². The fraction of sp³-hybridized carbons (Fsp3) is 0.250. The van der Waals surface area contributed by atoms with Gasteiger partial charge in [-0.2, -0.15) is 0 Å². The summed E-state index contributed by atoms with van der Waals surface area (Å²) >= 11 is 0. The molecule has 120 valence electrons. The average Bonchev–Trinajstić information content (AvgIpc) is 2.50. The molecule has 0 fully saturated rings. The molecule has 0 aliphatic carbocycles. The van der Waals surface area contributed by atoms with Crippen LogP contribution in [0.1, 0.15) is 42.3 Å². The molecule has 0 atom stereocenters. The minimum Gasteiger partial charge on any atom is -0.348 e. The van der Waals surface area contributed by atoms with Gasteiger partial charge in [-0.05, 0) is 40.8 Å². The fourth-order valence-corrected chi connectivity index (χ4v) is 2.02. The van der Waals surface area contributed by atoms with Crippen LogP contribution in [0.4, 0.5) is 4.39 Å². The number of rotatable bonds is 4. The van der Waals surface area contributed by atoms with Crippen LogP contribution in [0.25, 0.3) is 6.08 Å². The first-order valence-corrected chi connectivity index (χ1v) is 7.65. The summed E-state index contributed by atoms with van der Waals surface area (Å²) in [5, 5.41) is 2.79. The molecule has 0 saturated heterocycles. The van der Waals surface area contributed by atoms with Crippen molar-refractivity contribution in [1.29, 1.82) is 0 Å². The van der Waals surface area contributed by atoms with E-state index in [4.69, 9.17) is 0 Å². The third-order valence-corrected chi connectivity index (χ3v) is 3.29. The Morgan fingerprint density at radius 2 is 1.83 bits per heavy atom. The van der Waals surface area contributed by atoms with Crippen LogP contribution >= 0.6 is 0 Å². The molecule has 2 aromatic carbocycles. The van der Waals surface area contributed by atoms with E-state index in [-0.39, 0.29) is 17.1 Å². The van der Waals surface area contributed by atoms with Crippen molar-refractivity contribution in [3.63, 3.8) is 0 Å². The van der Waals surface area contributed by atoms with Crippen molar-refractivity contribution in [3.8, 4) is 0 Å². The molecule has 3 heteroatoms. The number of halogens is 1. The molecule has 0 radical (unpaired) electrons. The van der Waals surface area contributed by atoms with E-state index in [1.165, 1.54) is 12.1 Å². The molecule has 0 heterocycles. The second-order valence-corrected chi connectivity index (χ2v) is 6.63. The Kier molecular flexibility index (Phi) is 5.32. The number of nitrogens with one attached hydrogen (secondary N) is 1. The lowest BCUT2D eigenvalue weighted by Crippen LogP contribution is -2.22. The molecule has 0 saturated carbocycles. The first kappa shape index (κ1) is 16.9. The van der Waals surface area contributed by atoms with Gasteiger partial charge in [0.2, 0.25) is 0 Å². The van der Waals surface area contributed by atoms with Crippen molar-refractivity contribution in [1.82, 2.24) is 5.32 Å². The Labute approximate surface area is 137 Å². The summed E-state index contributed by atoms with van der Waals surface area (Å²) in [6.45, 7) is 6.72. The minimum atomic E-state index is -0.299. The van der Waals surface area contributed by atoms with Crippen LogP contribution in [0.15, 0.2) is 54.6 Å². The van der Waals surface area contributed by atoms with Crippen LogP contribution in [0.5, 0.6) is 0 Å². The summed E-state index contributed by atoms with van der Waals surface area (Å²) in [6, 6.07) is 13.6. The topological polar surface area (TPSA) is 29.1 Å². The van der Waals surface area contributed by atoms with Crippen LogP contribution in [0.3, 0.4) is 0 Å². The average molecular weight is 311 g/mol. The van der Waals surface area contributed by atoms with Gasteiger partial charge < -0.3 is 5.32 Å². The SMILES string of the molecule is CC(C)(C)/C=C/c1ccc(C(=O)NCc2cccc(F)c2)cc1. The highest BCUT2D eigenvalue weighted by molar-refractivity contribution is 5.94. The summed E-state index contributed by atoms with van der Waals surface area (Å²) in [5.74, 6) is -0.465. The molecule has 2 nitrogen and oxygen atoms in total. The molecule has 0 aromatic heterocycles. The predicted octanol–water partition coefficient (Wildman–Crippen LogP) is 4.82. The lowest BCUT2D eigenvalue weighted by Gasteiger charge is -2.11. The van der Waals surface area contributed by atoms with Crippen molar-refractivity contribution >= 4 is 12.0 Å². The number of carbonyl (C=O) groups excluding carboxylic acids is 1. The van der Waals surface area contributed by atoms with Crippen LogP contribution < -0.4 is 5.32 Å². The van der Waals surface area contributed by atoms with Crippen molar-refractivity contribution in [3.05, 3.63) is 77.1 Å². The quantitative estimate of drug-likeness (QED) is 0.862. The van der Waals surface area contributed by atoms with E-state index in [0.717, 1.165) is 11.1 Å². The summed E-state index contributed by atoms with van der Waals surface area (Å²) in [5.41, 5.74) is 2.51. The molecule has 0 aliphatic heterocycles. The third kappa shape index (κ3) is 5.70. The smallest absolute Gasteiger partial charge is 0.251 e. The van der Waals surface area contributed by atoms with E-state index in [1.807, 2.05) is 12.1 Å². The van der Waals surface area contributed by atoms with Gasteiger partial charge in [0.15, 0.2) is 0 Å². The first-order chi connectivity index (χ1) is 10.8. The zero-order chi connectivity index (χ0) is 16.9. The van der Waals surface area contributed by atoms with Crippen LogP contribution in [0.2, 0.25) is 0 Å². The molecule has 2 aromatic rings. The third-order valence-electron chi connectivity index (χ3n) is 3.29. The fourth-order valence-electron chi connectivity index (χ4n) is 2.02. The molecule has 0 aliphatic rings. The summed E-state index contributed by atoms with van der Waals surface area (Å²) in [6.07, 6.45) is 4.18. The van der Waals surface area contributed by atoms with Crippen LogP contribution in [0, 0.1) is 11.2 Å². The molecule has 23 heavy (non-hydrogen) atoms. The Hall–Kier alpha value is -2.42. The first-order valence-electron chi connectivity index (χ1n) is 7.65. The molecule has 0 unspecified atom stereocenters. The Morgan fingerprint density at radius 1 is 1.13 bits per heavy atom. The van der Waals surface area contributed by atoms with E-state index in [0.29, 0.717) is 12.1 Å². The van der Waals surface area contributed by atoms with E-state index >= 15 is 0 Å². The Bertz CT molecular complexity index is 696. The van der Waals surface area contributed by atoms with Gasteiger partial charge in [-0.1, -0.05) is 57.2 Å². The van der Waals surface area contributed by atoms with E-state index in [2.05, 4.69) is 38.2 Å². The lowest BCUT2D eigenvalue weighted by atomic mass is 9.95. The standard InChI is InChI=1S/C20H22FNO/c1-20(2,3)12-11-15-7-9-17(10-8-15)19(23)22-14-16-5-4-6-18(21)13-16/h4-13H,14H2,1-3H3,(H,22,23)/b12-11+. The summed E-state index contributed by atoms with van der Waals surface area (Å²) in [7, 11) is 0. The number of allylic oxidation sites excluding steroid dienone is 1. The molecule has 0 bridgehead atoms. The van der Waals surface area contributed by atoms with Crippen molar-refractivity contribution in [2.45, 2.75) is 27.3 Å². The predicted molar refractivity (Wildman–Crippen MR) is 92.5 cm³/mol. The van der Waals surface area contributed by atoms with Crippen molar-refractivity contribution in [2.75, 3.05) is 0 Å². The highest BCUT2D eigenvalue weighted by atomic mass is 19.1. The van der Waals surface area contributed by atoms with Crippen molar-refractivity contribution < 1.29 is 9.18 Å². The van der Waals surface area contributed by atoms with Gasteiger partial charge in [-0.3, -0.25) is 4.79 Å². The van der Waals surface area contributed by atoms with Crippen LogP contribution in [-0.4, -0.2) is 5.91 Å². The van der Waals surface area contributed by atoms with Gasteiger partial charge in [0.1, 0.15) is 5.82 Å². The highest BCUT2D eigenvalue weighted by Crippen LogP contribution is 2.17. The number of benzene rings is 2. The monoisotopic (exact) mass is 311 g/mol. The Morgan fingerprint density at radius 3 is 2.43 bits per heavy atom. The minimum absolute atomic E-state index is 0.126. The van der Waals surface area contributed by atoms with Gasteiger partial charge in [0.25, 0.3) is 5.91 Å². The maximum atomic E-state index is 13.1. The summed E-state index contributed by atoms with van der Waals surface area (Å²) in [4.78, 5) is 12.1. The second kappa shape index (κ2) is 7.23. The molecule has 0 spiro atoms. The maximum Gasteiger partial charge on any atom is 0.251 e. The van der Waals surface area contributed by atoms with E-state index in [9.17, 15) is 9.18 Å². The maximum absolute atomic E-state index is 13.1. The second-order valence-electron chi connectivity index (χ2n) is 6.63.